The summed E-state index contributed by atoms with van der Waals surface area (Å²) in [6.07, 6.45) is 1.22. The van der Waals surface area contributed by atoms with Gasteiger partial charge in [0, 0.05) is 18.5 Å². The SMILES string of the molecule is COC(=O)c1csc(N2CCC2)n1. The number of hydrogen-bond donors (Lipinski definition) is 0. The quantitative estimate of drug-likeness (QED) is 0.668. The molecule has 0 N–H and O–H groups in total. The maximum absolute atomic E-state index is 11.1. The molecule has 1 saturated heterocycles. The topological polar surface area (TPSA) is 42.4 Å². The van der Waals surface area contributed by atoms with E-state index < -0.39 is 0 Å². The second kappa shape index (κ2) is 3.33. The molecule has 1 aromatic heterocycles. The van der Waals surface area contributed by atoms with Gasteiger partial charge in [-0.3, -0.25) is 0 Å². The van der Waals surface area contributed by atoms with Crippen molar-refractivity contribution < 1.29 is 9.53 Å². The summed E-state index contributed by atoms with van der Waals surface area (Å²) >= 11 is 1.49. The third kappa shape index (κ3) is 1.51. The lowest BCUT2D eigenvalue weighted by atomic mass is 10.2. The van der Waals surface area contributed by atoms with Gasteiger partial charge in [0.2, 0.25) is 0 Å². The molecule has 0 aliphatic carbocycles. The van der Waals surface area contributed by atoms with Crippen LogP contribution in [0.2, 0.25) is 0 Å². The molecule has 1 aromatic rings. The van der Waals surface area contributed by atoms with E-state index in [1.54, 1.807) is 5.38 Å². The smallest absolute Gasteiger partial charge is 0.357 e. The highest BCUT2D eigenvalue weighted by Gasteiger charge is 2.19. The first-order valence-electron chi connectivity index (χ1n) is 4.10. The zero-order chi connectivity index (χ0) is 9.26. The van der Waals surface area contributed by atoms with Gasteiger partial charge in [-0.15, -0.1) is 11.3 Å². The molecule has 13 heavy (non-hydrogen) atoms. The molecule has 0 radical (unpaired) electrons. The van der Waals surface area contributed by atoms with Crippen molar-refractivity contribution in [3.8, 4) is 0 Å². The Morgan fingerprint density at radius 2 is 2.46 bits per heavy atom. The minimum atomic E-state index is -0.358. The molecule has 0 bridgehead atoms. The van der Waals surface area contributed by atoms with E-state index >= 15 is 0 Å². The average molecular weight is 198 g/mol. The fraction of sp³-hybridized carbons (Fsp3) is 0.500. The van der Waals surface area contributed by atoms with Crippen LogP contribution in [0.5, 0.6) is 0 Å². The number of aromatic nitrogens is 1. The minimum absolute atomic E-state index is 0.358. The van der Waals surface area contributed by atoms with Crippen LogP contribution < -0.4 is 4.90 Å². The van der Waals surface area contributed by atoms with Crippen LogP contribution in [-0.4, -0.2) is 31.2 Å². The minimum Gasteiger partial charge on any atom is -0.464 e. The Bertz CT molecular complexity index is 320. The summed E-state index contributed by atoms with van der Waals surface area (Å²) in [5.74, 6) is -0.358. The van der Waals surface area contributed by atoms with Crippen LogP contribution >= 0.6 is 11.3 Å². The van der Waals surface area contributed by atoms with Crippen LogP contribution in [0.1, 0.15) is 16.9 Å². The van der Waals surface area contributed by atoms with E-state index in [4.69, 9.17) is 0 Å². The Labute approximate surface area is 80.1 Å². The highest BCUT2D eigenvalue weighted by atomic mass is 32.1. The molecule has 4 nitrogen and oxygen atoms in total. The van der Waals surface area contributed by atoms with Gasteiger partial charge in [-0.2, -0.15) is 0 Å². The molecular formula is C8H10N2O2S. The van der Waals surface area contributed by atoms with Crippen molar-refractivity contribution in [3.63, 3.8) is 0 Å². The fourth-order valence-electron chi connectivity index (χ4n) is 1.12. The Morgan fingerprint density at radius 3 is 3.00 bits per heavy atom. The summed E-state index contributed by atoms with van der Waals surface area (Å²) < 4.78 is 4.57. The predicted molar refractivity (Wildman–Crippen MR) is 50.3 cm³/mol. The molecule has 70 valence electrons. The van der Waals surface area contributed by atoms with Crippen molar-refractivity contribution in [1.29, 1.82) is 0 Å². The molecule has 1 aliphatic heterocycles. The van der Waals surface area contributed by atoms with Gasteiger partial charge in [-0.1, -0.05) is 0 Å². The monoisotopic (exact) mass is 198 g/mol. The Morgan fingerprint density at radius 1 is 1.69 bits per heavy atom. The first kappa shape index (κ1) is 8.50. The number of carbonyl (C=O) groups is 1. The zero-order valence-electron chi connectivity index (χ0n) is 7.32. The molecule has 0 saturated carbocycles. The second-order valence-electron chi connectivity index (χ2n) is 2.85. The van der Waals surface area contributed by atoms with Gasteiger partial charge in [0.25, 0.3) is 0 Å². The Hall–Kier alpha value is -1.10. The molecule has 0 unspecified atom stereocenters. The molecule has 5 heteroatoms. The number of rotatable bonds is 2. The predicted octanol–water partition coefficient (Wildman–Crippen LogP) is 1.14. The van der Waals surface area contributed by atoms with Crippen LogP contribution in [0, 0.1) is 0 Å². The van der Waals surface area contributed by atoms with Crippen LogP contribution in [0.3, 0.4) is 0 Å². The highest BCUT2D eigenvalue weighted by Crippen LogP contribution is 2.24. The van der Waals surface area contributed by atoms with Crippen LogP contribution in [0.4, 0.5) is 5.13 Å². The number of nitrogens with zero attached hydrogens (tertiary/aromatic N) is 2. The summed E-state index contributed by atoms with van der Waals surface area (Å²) in [6.45, 7) is 2.10. The van der Waals surface area contributed by atoms with Gasteiger partial charge in [-0.25, -0.2) is 9.78 Å². The van der Waals surface area contributed by atoms with Crippen molar-refractivity contribution in [1.82, 2.24) is 4.98 Å². The van der Waals surface area contributed by atoms with Crippen molar-refractivity contribution in [2.75, 3.05) is 25.1 Å². The van der Waals surface area contributed by atoms with E-state index in [0.717, 1.165) is 18.2 Å². The third-order valence-electron chi connectivity index (χ3n) is 2.01. The lowest BCUT2D eigenvalue weighted by Crippen LogP contribution is -2.36. The van der Waals surface area contributed by atoms with Crippen molar-refractivity contribution in [2.24, 2.45) is 0 Å². The van der Waals surface area contributed by atoms with Gasteiger partial charge < -0.3 is 9.64 Å². The first-order valence-corrected chi connectivity index (χ1v) is 4.98. The lowest BCUT2D eigenvalue weighted by molar-refractivity contribution is 0.0595. The van der Waals surface area contributed by atoms with Gasteiger partial charge in [-0.05, 0) is 6.42 Å². The van der Waals surface area contributed by atoms with Gasteiger partial charge >= 0.3 is 5.97 Å². The molecule has 2 rings (SSSR count). The fourth-order valence-corrected chi connectivity index (χ4v) is 1.96. The summed E-state index contributed by atoms with van der Waals surface area (Å²) in [4.78, 5) is 17.4. The number of esters is 1. The van der Waals surface area contributed by atoms with Crippen LogP contribution in [0.15, 0.2) is 5.38 Å². The van der Waals surface area contributed by atoms with E-state index in [0.29, 0.717) is 5.69 Å². The summed E-state index contributed by atoms with van der Waals surface area (Å²) in [7, 11) is 1.37. The maximum atomic E-state index is 11.1. The normalized spacial score (nSPS) is 15.3. The number of thiazole rings is 1. The van der Waals surface area contributed by atoms with Gasteiger partial charge in [0.05, 0.1) is 7.11 Å². The number of anilines is 1. The molecule has 1 aliphatic rings. The lowest BCUT2D eigenvalue weighted by Gasteiger charge is -2.30. The van der Waals surface area contributed by atoms with Crippen molar-refractivity contribution in [2.45, 2.75) is 6.42 Å². The molecule has 2 heterocycles. The van der Waals surface area contributed by atoms with Gasteiger partial charge in [0.15, 0.2) is 10.8 Å². The van der Waals surface area contributed by atoms with Crippen molar-refractivity contribution >= 4 is 22.4 Å². The summed E-state index contributed by atoms with van der Waals surface area (Å²) in [5, 5.41) is 2.66. The maximum Gasteiger partial charge on any atom is 0.357 e. The zero-order valence-corrected chi connectivity index (χ0v) is 8.13. The third-order valence-corrected chi connectivity index (χ3v) is 2.91. The van der Waals surface area contributed by atoms with E-state index in [1.807, 2.05) is 0 Å². The second-order valence-corrected chi connectivity index (χ2v) is 3.68. The molecular weight excluding hydrogens is 188 g/mol. The largest absolute Gasteiger partial charge is 0.464 e. The van der Waals surface area contributed by atoms with E-state index in [-0.39, 0.29) is 5.97 Å². The number of carbonyl (C=O) groups excluding carboxylic acids is 1. The molecule has 0 atom stereocenters. The molecule has 0 spiro atoms. The van der Waals surface area contributed by atoms with E-state index in [9.17, 15) is 4.79 Å². The van der Waals surface area contributed by atoms with Gasteiger partial charge in [0.1, 0.15) is 0 Å². The van der Waals surface area contributed by atoms with E-state index in [1.165, 1.54) is 24.9 Å². The number of ether oxygens (including phenoxy) is 1. The average Bonchev–Trinajstić information content (AvgIpc) is 2.49. The van der Waals surface area contributed by atoms with Crippen LogP contribution in [-0.2, 0) is 4.74 Å². The van der Waals surface area contributed by atoms with E-state index in [2.05, 4.69) is 14.6 Å². The standard InChI is InChI=1S/C8H10N2O2S/c1-12-7(11)6-5-13-8(9-6)10-3-2-4-10/h5H,2-4H2,1H3. The highest BCUT2D eigenvalue weighted by molar-refractivity contribution is 7.13. The molecule has 0 amide bonds. The van der Waals surface area contributed by atoms with Crippen molar-refractivity contribution in [3.05, 3.63) is 11.1 Å². The number of methoxy groups -OCH3 is 1. The summed E-state index contributed by atoms with van der Waals surface area (Å²) in [6, 6.07) is 0. The Kier molecular flexibility index (Phi) is 2.18. The molecule has 1 fully saturated rings. The summed E-state index contributed by atoms with van der Waals surface area (Å²) in [5.41, 5.74) is 0.411. The first-order chi connectivity index (χ1) is 6.31. The molecule has 0 aromatic carbocycles. The van der Waals surface area contributed by atoms with Crippen LogP contribution in [0.25, 0.3) is 0 Å². The Balaban J connectivity index is 2.12. The number of hydrogen-bond acceptors (Lipinski definition) is 5.